The third-order valence-corrected chi connectivity index (χ3v) is 4.72. The highest BCUT2D eigenvalue weighted by atomic mass is 19.1. The van der Waals surface area contributed by atoms with Crippen molar-refractivity contribution in [1.29, 1.82) is 0 Å². The van der Waals surface area contributed by atoms with E-state index in [0.29, 0.717) is 11.3 Å². The van der Waals surface area contributed by atoms with Gasteiger partial charge < -0.3 is 10.0 Å². The van der Waals surface area contributed by atoms with Gasteiger partial charge in [-0.05, 0) is 54.4 Å². The first kappa shape index (κ1) is 16.3. The molecule has 26 heavy (non-hydrogen) atoms. The molecule has 0 unspecified atom stereocenters. The Morgan fingerprint density at radius 2 is 1.77 bits per heavy atom. The summed E-state index contributed by atoms with van der Waals surface area (Å²) >= 11 is 0. The van der Waals surface area contributed by atoms with Gasteiger partial charge in [-0.1, -0.05) is 24.3 Å². The van der Waals surface area contributed by atoms with Crippen LogP contribution in [0.4, 0.5) is 14.5 Å². The molecule has 1 heterocycles. The van der Waals surface area contributed by atoms with E-state index in [-0.39, 0.29) is 11.4 Å². The molecule has 1 N–H and O–H groups in total. The summed E-state index contributed by atoms with van der Waals surface area (Å²) in [5, 5.41) is 9.61. The van der Waals surface area contributed by atoms with Crippen molar-refractivity contribution in [2.24, 2.45) is 0 Å². The predicted octanol–water partition coefficient (Wildman–Crippen LogP) is 5.06. The van der Waals surface area contributed by atoms with E-state index in [1.165, 1.54) is 18.2 Å². The zero-order valence-corrected chi connectivity index (χ0v) is 13.9. The number of amides is 1. The highest BCUT2D eigenvalue weighted by molar-refractivity contribution is 6.10. The summed E-state index contributed by atoms with van der Waals surface area (Å²) in [5.74, 6) is -2.14. The van der Waals surface area contributed by atoms with E-state index in [9.17, 15) is 18.7 Å². The largest absolute Gasteiger partial charge is 0.505 e. The summed E-state index contributed by atoms with van der Waals surface area (Å²) in [7, 11) is 0. The topological polar surface area (TPSA) is 40.5 Å². The van der Waals surface area contributed by atoms with Gasteiger partial charge in [0, 0.05) is 11.1 Å². The first-order valence-electron chi connectivity index (χ1n) is 8.18. The zero-order valence-electron chi connectivity index (χ0n) is 13.9. The fourth-order valence-corrected chi connectivity index (χ4v) is 3.45. The van der Waals surface area contributed by atoms with E-state index in [0.717, 1.165) is 23.3 Å². The van der Waals surface area contributed by atoms with Gasteiger partial charge in [0.2, 0.25) is 0 Å². The molecule has 1 atom stereocenters. The van der Waals surface area contributed by atoms with Gasteiger partial charge in [-0.2, -0.15) is 0 Å². The lowest BCUT2D eigenvalue weighted by Gasteiger charge is -2.37. The number of phenols is 1. The van der Waals surface area contributed by atoms with Gasteiger partial charge in [0.25, 0.3) is 5.91 Å². The molecule has 0 aliphatic carbocycles. The van der Waals surface area contributed by atoms with Gasteiger partial charge >= 0.3 is 0 Å². The molecule has 0 saturated heterocycles. The summed E-state index contributed by atoms with van der Waals surface area (Å²) in [6.07, 6.45) is 0. The Hall–Kier alpha value is -3.21. The number of carbonyl (C=O) groups is 1. The average molecular weight is 351 g/mol. The number of hydrogen-bond donors (Lipinski definition) is 1. The number of hydrogen-bond acceptors (Lipinski definition) is 2. The molecule has 0 bridgehead atoms. The van der Waals surface area contributed by atoms with E-state index in [1.807, 2.05) is 31.2 Å². The van der Waals surface area contributed by atoms with Crippen LogP contribution in [-0.4, -0.2) is 11.0 Å². The number of phenolic OH excluding ortho intramolecular Hbond substituents is 1. The van der Waals surface area contributed by atoms with Crippen molar-refractivity contribution in [2.75, 3.05) is 4.90 Å². The first-order chi connectivity index (χ1) is 12.5. The standard InChI is InChI=1S/C21H15F2NO2/c1-12-17-11-14(22)7-8-15(17)16-4-2-3-5-19(16)24(12)21(26)13-6-9-18(23)20(25)10-13/h2-12,25H,1H3/t12-/m1/s1. The van der Waals surface area contributed by atoms with E-state index in [1.54, 1.807) is 11.0 Å². The van der Waals surface area contributed by atoms with E-state index in [4.69, 9.17) is 0 Å². The molecule has 1 aliphatic rings. The lowest BCUT2D eigenvalue weighted by molar-refractivity contribution is 0.0977. The normalized spacial score (nSPS) is 15.3. The van der Waals surface area contributed by atoms with Crippen LogP contribution in [0, 0.1) is 11.6 Å². The third kappa shape index (κ3) is 2.44. The third-order valence-electron chi connectivity index (χ3n) is 4.72. The van der Waals surface area contributed by atoms with Crippen molar-refractivity contribution < 1.29 is 18.7 Å². The maximum absolute atomic E-state index is 13.8. The Morgan fingerprint density at radius 1 is 1.00 bits per heavy atom. The van der Waals surface area contributed by atoms with E-state index in [2.05, 4.69) is 0 Å². The van der Waals surface area contributed by atoms with Crippen molar-refractivity contribution in [3.05, 3.63) is 83.4 Å². The summed E-state index contributed by atoms with van der Waals surface area (Å²) in [4.78, 5) is 14.7. The van der Waals surface area contributed by atoms with E-state index < -0.39 is 23.5 Å². The predicted molar refractivity (Wildman–Crippen MR) is 95.1 cm³/mol. The van der Waals surface area contributed by atoms with Crippen LogP contribution >= 0.6 is 0 Å². The quantitative estimate of drug-likeness (QED) is 0.666. The van der Waals surface area contributed by atoms with Crippen molar-refractivity contribution in [3.63, 3.8) is 0 Å². The van der Waals surface area contributed by atoms with Gasteiger partial charge in [-0.25, -0.2) is 8.78 Å². The number of carbonyl (C=O) groups excluding carboxylic acids is 1. The van der Waals surface area contributed by atoms with Crippen LogP contribution in [-0.2, 0) is 0 Å². The second-order valence-corrected chi connectivity index (χ2v) is 6.27. The van der Waals surface area contributed by atoms with Crippen LogP contribution < -0.4 is 4.90 Å². The number of para-hydroxylation sites is 1. The Bertz CT molecular complexity index is 1030. The van der Waals surface area contributed by atoms with Gasteiger partial charge in [0.1, 0.15) is 5.82 Å². The monoisotopic (exact) mass is 351 g/mol. The summed E-state index contributed by atoms with van der Waals surface area (Å²) in [6.45, 7) is 1.81. The number of halogens is 2. The number of aromatic hydroxyl groups is 1. The number of nitrogens with zero attached hydrogens (tertiary/aromatic N) is 1. The van der Waals surface area contributed by atoms with Crippen molar-refractivity contribution >= 4 is 11.6 Å². The summed E-state index contributed by atoms with van der Waals surface area (Å²) < 4.78 is 27.2. The molecule has 0 radical (unpaired) electrons. The molecule has 0 aromatic heterocycles. The molecule has 0 saturated carbocycles. The molecule has 1 amide bonds. The first-order valence-corrected chi connectivity index (χ1v) is 8.18. The Balaban J connectivity index is 1.88. The molecule has 1 aliphatic heterocycles. The summed E-state index contributed by atoms with van der Waals surface area (Å²) in [5.41, 5.74) is 3.24. The zero-order chi connectivity index (χ0) is 18.4. The van der Waals surface area contributed by atoms with Gasteiger partial charge in [-0.3, -0.25) is 4.79 Å². The Labute approximate surface area is 149 Å². The molecular formula is C21H15F2NO2. The van der Waals surface area contributed by atoms with Crippen LogP contribution in [0.2, 0.25) is 0 Å². The van der Waals surface area contributed by atoms with Crippen LogP contribution in [0.1, 0.15) is 28.9 Å². The summed E-state index contributed by atoms with van der Waals surface area (Å²) in [6, 6.07) is 15.0. The molecule has 3 aromatic carbocycles. The maximum Gasteiger partial charge on any atom is 0.258 e. The van der Waals surface area contributed by atoms with Crippen LogP contribution in [0.15, 0.2) is 60.7 Å². The van der Waals surface area contributed by atoms with Gasteiger partial charge in [0.05, 0.1) is 11.7 Å². The maximum atomic E-state index is 13.8. The minimum atomic E-state index is -0.791. The lowest BCUT2D eigenvalue weighted by Crippen LogP contribution is -2.36. The van der Waals surface area contributed by atoms with Crippen molar-refractivity contribution in [1.82, 2.24) is 0 Å². The van der Waals surface area contributed by atoms with Crippen LogP contribution in [0.25, 0.3) is 11.1 Å². The smallest absolute Gasteiger partial charge is 0.258 e. The molecule has 0 spiro atoms. The van der Waals surface area contributed by atoms with Crippen LogP contribution in [0.3, 0.4) is 0 Å². The molecule has 0 fully saturated rings. The van der Waals surface area contributed by atoms with Crippen molar-refractivity contribution in [3.8, 4) is 16.9 Å². The molecule has 3 aromatic rings. The molecular weight excluding hydrogens is 336 g/mol. The Kier molecular flexibility index (Phi) is 3.72. The van der Waals surface area contributed by atoms with E-state index >= 15 is 0 Å². The highest BCUT2D eigenvalue weighted by Crippen LogP contribution is 2.45. The average Bonchev–Trinajstić information content (AvgIpc) is 2.64. The van der Waals surface area contributed by atoms with Crippen molar-refractivity contribution in [2.45, 2.75) is 13.0 Å². The second kappa shape index (κ2) is 5.95. The number of rotatable bonds is 1. The molecule has 3 nitrogen and oxygen atoms in total. The molecule has 5 heteroatoms. The number of fused-ring (bicyclic) bond motifs is 3. The number of anilines is 1. The molecule has 130 valence electrons. The fourth-order valence-electron chi connectivity index (χ4n) is 3.45. The minimum Gasteiger partial charge on any atom is -0.505 e. The highest BCUT2D eigenvalue weighted by Gasteiger charge is 2.33. The molecule has 4 rings (SSSR count). The van der Waals surface area contributed by atoms with Gasteiger partial charge in [-0.15, -0.1) is 0 Å². The van der Waals surface area contributed by atoms with Gasteiger partial charge in [0.15, 0.2) is 11.6 Å². The minimum absolute atomic E-state index is 0.158. The number of benzene rings is 3. The fraction of sp³-hybridized carbons (Fsp3) is 0.0952. The van der Waals surface area contributed by atoms with Crippen LogP contribution in [0.5, 0.6) is 5.75 Å². The Morgan fingerprint density at radius 3 is 2.54 bits per heavy atom. The SMILES string of the molecule is C[C@@H]1c2cc(F)ccc2-c2ccccc2N1C(=O)c1ccc(F)c(O)c1. The lowest BCUT2D eigenvalue weighted by atomic mass is 9.88. The second-order valence-electron chi connectivity index (χ2n) is 6.27.